The number of anilines is 2. The molecule has 1 heterocycles. The zero-order valence-corrected chi connectivity index (χ0v) is 17.1. The number of amides is 1. The molecule has 0 aliphatic rings. The molecule has 0 atom stereocenters. The van der Waals surface area contributed by atoms with Gasteiger partial charge in [-0.1, -0.05) is 12.1 Å². The van der Waals surface area contributed by atoms with Crippen LogP contribution in [0.5, 0.6) is 0 Å². The molecule has 2 aromatic carbocycles. The van der Waals surface area contributed by atoms with Crippen LogP contribution in [0.3, 0.4) is 0 Å². The van der Waals surface area contributed by atoms with Crippen LogP contribution in [0.1, 0.15) is 10.4 Å². The summed E-state index contributed by atoms with van der Waals surface area (Å²) in [5.74, 6) is -0.439. The summed E-state index contributed by atoms with van der Waals surface area (Å²) in [4.78, 5) is 30.7. The van der Waals surface area contributed by atoms with E-state index < -0.39 is 10.8 Å². The molecule has 1 amide bonds. The second-order valence-electron chi connectivity index (χ2n) is 6.07. The van der Waals surface area contributed by atoms with Crippen molar-refractivity contribution in [3.63, 3.8) is 0 Å². The molecule has 0 aliphatic carbocycles. The van der Waals surface area contributed by atoms with Gasteiger partial charge in [0.05, 0.1) is 16.2 Å². The van der Waals surface area contributed by atoms with Crippen molar-refractivity contribution in [2.75, 3.05) is 30.6 Å². The van der Waals surface area contributed by atoms with Gasteiger partial charge in [0.15, 0.2) is 5.13 Å². The number of carbonyl (C=O) groups is 1. The molecule has 28 heavy (non-hydrogen) atoms. The molecule has 0 saturated carbocycles. The highest BCUT2D eigenvalue weighted by Gasteiger charge is 2.19. The number of carbonyl (C=O) groups excluding carboxylic acids is 1. The van der Waals surface area contributed by atoms with E-state index in [1.54, 1.807) is 36.8 Å². The first kappa shape index (κ1) is 19.8. The largest absolute Gasteiger partial charge is 0.377 e. The smallest absolute Gasteiger partial charge is 0.270 e. The summed E-state index contributed by atoms with van der Waals surface area (Å²) in [5, 5.41) is 16.1. The van der Waals surface area contributed by atoms with E-state index in [-0.39, 0.29) is 11.3 Å². The maximum absolute atomic E-state index is 12.7. The SMILES string of the molecule is CSc1ccc(-c2csc(NC(=O)c3cc([N+](=O)[O-])ccc3N(C)C)n2)cc1. The van der Waals surface area contributed by atoms with Gasteiger partial charge in [0, 0.05) is 47.8 Å². The van der Waals surface area contributed by atoms with Crippen LogP contribution in [0.25, 0.3) is 11.3 Å². The highest BCUT2D eigenvalue weighted by Crippen LogP contribution is 2.29. The van der Waals surface area contributed by atoms with Crippen molar-refractivity contribution < 1.29 is 9.72 Å². The first-order chi connectivity index (χ1) is 13.4. The Bertz CT molecular complexity index is 1020. The lowest BCUT2D eigenvalue weighted by atomic mass is 10.1. The fraction of sp³-hybridized carbons (Fsp3) is 0.158. The monoisotopic (exact) mass is 414 g/mol. The molecule has 0 radical (unpaired) electrons. The van der Waals surface area contributed by atoms with Crippen LogP contribution < -0.4 is 10.2 Å². The molecule has 0 saturated heterocycles. The van der Waals surface area contributed by atoms with E-state index in [1.807, 2.05) is 35.9 Å². The summed E-state index contributed by atoms with van der Waals surface area (Å²) in [6, 6.07) is 12.2. The molecule has 0 fully saturated rings. The summed E-state index contributed by atoms with van der Waals surface area (Å²) < 4.78 is 0. The normalized spacial score (nSPS) is 10.5. The van der Waals surface area contributed by atoms with Crippen molar-refractivity contribution >= 4 is 45.5 Å². The molecule has 3 aromatic rings. The number of nitro groups is 1. The Morgan fingerprint density at radius 2 is 1.93 bits per heavy atom. The summed E-state index contributed by atoms with van der Waals surface area (Å²) in [6.45, 7) is 0. The van der Waals surface area contributed by atoms with Crippen molar-refractivity contribution in [1.82, 2.24) is 4.98 Å². The minimum absolute atomic E-state index is 0.135. The van der Waals surface area contributed by atoms with Gasteiger partial charge in [0.2, 0.25) is 0 Å². The summed E-state index contributed by atoms with van der Waals surface area (Å²) in [7, 11) is 3.55. The molecule has 0 spiro atoms. The Hall–Kier alpha value is -2.91. The van der Waals surface area contributed by atoms with Crippen LogP contribution in [0.15, 0.2) is 52.7 Å². The molecule has 1 N–H and O–H groups in total. The molecule has 0 aliphatic heterocycles. The predicted octanol–water partition coefficient (Wildman–Crippen LogP) is 4.76. The molecule has 3 rings (SSSR count). The zero-order valence-electron chi connectivity index (χ0n) is 15.5. The Morgan fingerprint density at radius 1 is 1.21 bits per heavy atom. The van der Waals surface area contributed by atoms with Crippen LogP contribution in [-0.2, 0) is 0 Å². The number of non-ortho nitro benzene ring substituents is 1. The van der Waals surface area contributed by atoms with Crippen molar-refractivity contribution in [3.05, 3.63) is 63.5 Å². The van der Waals surface area contributed by atoms with Crippen LogP contribution >= 0.6 is 23.1 Å². The van der Waals surface area contributed by atoms with E-state index >= 15 is 0 Å². The number of thiazole rings is 1. The van der Waals surface area contributed by atoms with E-state index in [0.29, 0.717) is 10.8 Å². The van der Waals surface area contributed by atoms with E-state index in [2.05, 4.69) is 10.3 Å². The zero-order chi connectivity index (χ0) is 20.3. The number of hydrogen-bond acceptors (Lipinski definition) is 7. The Kier molecular flexibility index (Phi) is 5.96. The number of thioether (sulfide) groups is 1. The summed E-state index contributed by atoms with van der Waals surface area (Å²) >= 11 is 2.97. The Morgan fingerprint density at radius 3 is 2.54 bits per heavy atom. The average Bonchev–Trinajstić information content (AvgIpc) is 3.15. The Labute approximate surface area is 170 Å². The number of rotatable bonds is 6. The fourth-order valence-electron chi connectivity index (χ4n) is 2.60. The van der Waals surface area contributed by atoms with Gasteiger partial charge in [0.25, 0.3) is 11.6 Å². The van der Waals surface area contributed by atoms with E-state index in [4.69, 9.17) is 0 Å². The highest BCUT2D eigenvalue weighted by atomic mass is 32.2. The van der Waals surface area contributed by atoms with E-state index in [9.17, 15) is 14.9 Å². The van der Waals surface area contributed by atoms with Crippen molar-refractivity contribution in [1.29, 1.82) is 0 Å². The van der Waals surface area contributed by atoms with Gasteiger partial charge >= 0.3 is 0 Å². The van der Waals surface area contributed by atoms with E-state index in [1.165, 1.54) is 23.5 Å². The number of nitro benzene ring substituents is 1. The van der Waals surface area contributed by atoms with Gasteiger partial charge in [0.1, 0.15) is 0 Å². The third-order valence-electron chi connectivity index (χ3n) is 4.03. The molecular weight excluding hydrogens is 396 g/mol. The predicted molar refractivity (Wildman–Crippen MR) is 115 cm³/mol. The van der Waals surface area contributed by atoms with Crippen LogP contribution in [0.2, 0.25) is 0 Å². The fourth-order valence-corrected chi connectivity index (χ4v) is 3.72. The van der Waals surface area contributed by atoms with Gasteiger partial charge in [-0.15, -0.1) is 23.1 Å². The standard InChI is InChI=1S/C19H18N4O3S2/c1-22(2)17-9-6-13(23(25)26)10-15(17)18(24)21-19-20-16(11-28-19)12-4-7-14(27-3)8-5-12/h4-11H,1-3H3,(H,20,21,24). The number of hydrogen-bond donors (Lipinski definition) is 1. The lowest BCUT2D eigenvalue weighted by molar-refractivity contribution is -0.384. The minimum Gasteiger partial charge on any atom is -0.377 e. The average molecular weight is 415 g/mol. The minimum atomic E-state index is -0.518. The number of nitrogens with zero attached hydrogens (tertiary/aromatic N) is 3. The second kappa shape index (κ2) is 8.41. The topological polar surface area (TPSA) is 88.4 Å². The lowest BCUT2D eigenvalue weighted by Gasteiger charge is -2.16. The molecule has 0 unspecified atom stereocenters. The summed E-state index contributed by atoms with van der Waals surface area (Å²) in [5.41, 5.74) is 2.40. The third kappa shape index (κ3) is 4.32. The summed E-state index contributed by atoms with van der Waals surface area (Å²) in [6.07, 6.45) is 2.02. The second-order valence-corrected chi connectivity index (χ2v) is 7.81. The maximum atomic E-state index is 12.7. The van der Waals surface area contributed by atoms with Gasteiger partial charge in [-0.05, 0) is 24.5 Å². The molecular formula is C19H18N4O3S2. The van der Waals surface area contributed by atoms with E-state index in [0.717, 1.165) is 16.2 Å². The van der Waals surface area contributed by atoms with Gasteiger partial charge in [-0.2, -0.15) is 0 Å². The molecule has 0 bridgehead atoms. The van der Waals surface area contributed by atoms with Crippen molar-refractivity contribution in [3.8, 4) is 11.3 Å². The van der Waals surface area contributed by atoms with Crippen LogP contribution in [0, 0.1) is 10.1 Å². The first-order valence-corrected chi connectivity index (χ1v) is 10.4. The molecule has 7 nitrogen and oxygen atoms in total. The number of nitrogens with one attached hydrogen (secondary N) is 1. The van der Waals surface area contributed by atoms with Gasteiger partial charge in [-0.3, -0.25) is 20.2 Å². The molecule has 144 valence electrons. The van der Waals surface area contributed by atoms with Gasteiger partial charge < -0.3 is 4.90 Å². The third-order valence-corrected chi connectivity index (χ3v) is 5.53. The Balaban J connectivity index is 1.84. The van der Waals surface area contributed by atoms with Crippen molar-refractivity contribution in [2.24, 2.45) is 0 Å². The first-order valence-electron chi connectivity index (χ1n) is 8.26. The van der Waals surface area contributed by atoms with Crippen LogP contribution in [0.4, 0.5) is 16.5 Å². The van der Waals surface area contributed by atoms with Crippen molar-refractivity contribution in [2.45, 2.75) is 4.90 Å². The van der Waals surface area contributed by atoms with Gasteiger partial charge in [-0.25, -0.2) is 4.98 Å². The number of benzene rings is 2. The van der Waals surface area contributed by atoms with Crippen LogP contribution in [-0.4, -0.2) is 36.2 Å². The molecule has 9 heteroatoms. The quantitative estimate of drug-likeness (QED) is 0.355. The number of aromatic nitrogens is 1. The lowest BCUT2D eigenvalue weighted by Crippen LogP contribution is -2.18. The molecule has 1 aromatic heterocycles. The highest BCUT2D eigenvalue weighted by molar-refractivity contribution is 7.98. The maximum Gasteiger partial charge on any atom is 0.270 e.